The second-order valence-electron chi connectivity index (χ2n) is 5.75. The molecule has 1 aliphatic rings. The Hall–Kier alpha value is -2.67. The van der Waals surface area contributed by atoms with Gasteiger partial charge >= 0.3 is 0 Å². The zero-order valence-corrected chi connectivity index (χ0v) is 14.2. The van der Waals surface area contributed by atoms with E-state index in [1.54, 1.807) is 34.1 Å². The highest BCUT2D eigenvalue weighted by Crippen LogP contribution is 2.14. The third kappa shape index (κ3) is 4.06. The van der Waals surface area contributed by atoms with Crippen molar-refractivity contribution >= 4 is 23.4 Å². The van der Waals surface area contributed by atoms with Gasteiger partial charge in [-0.2, -0.15) is 5.10 Å². The molecule has 130 valence electrons. The third-order valence-corrected chi connectivity index (χ3v) is 4.31. The van der Waals surface area contributed by atoms with Crippen LogP contribution in [-0.2, 0) is 0 Å². The van der Waals surface area contributed by atoms with Gasteiger partial charge in [0.25, 0.3) is 17.4 Å². The molecular weight excluding hydrogens is 344 g/mol. The van der Waals surface area contributed by atoms with E-state index in [1.807, 2.05) is 0 Å². The van der Waals surface area contributed by atoms with E-state index in [-0.39, 0.29) is 23.1 Å². The zero-order valence-electron chi connectivity index (χ0n) is 13.4. The molecule has 2 heterocycles. The molecule has 1 fully saturated rings. The highest BCUT2D eigenvalue weighted by atomic mass is 35.5. The molecule has 0 aliphatic carbocycles. The van der Waals surface area contributed by atoms with Crippen LogP contribution in [-0.4, -0.2) is 58.0 Å². The summed E-state index contributed by atoms with van der Waals surface area (Å²) < 4.78 is 0. The fourth-order valence-corrected chi connectivity index (χ4v) is 2.85. The Bertz CT molecular complexity index is 814. The maximum Gasteiger partial charge on any atom is 0.274 e. The monoisotopic (exact) mass is 360 g/mol. The van der Waals surface area contributed by atoms with Gasteiger partial charge in [-0.15, -0.1) is 0 Å². The number of aromatic amines is 1. The van der Waals surface area contributed by atoms with Crippen molar-refractivity contribution in [3.63, 3.8) is 0 Å². The summed E-state index contributed by atoms with van der Waals surface area (Å²) in [7, 11) is 0. The highest BCUT2D eigenvalue weighted by molar-refractivity contribution is 6.30. The van der Waals surface area contributed by atoms with Crippen molar-refractivity contribution in [2.24, 2.45) is 0 Å². The number of nitrogens with one attached hydrogen (secondary N) is 1. The standard InChI is InChI=1S/C17H17ClN4O3/c18-13-4-2-12(3-5-13)16(24)21-8-1-9-22(11-10-21)17(25)14-6-7-15(23)20-19-14/h2-7H,1,8-11H2,(H,20,23). The quantitative estimate of drug-likeness (QED) is 0.877. The molecule has 8 heteroatoms. The normalized spacial score (nSPS) is 14.9. The molecule has 0 radical (unpaired) electrons. The summed E-state index contributed by atoms with van der Waals surface area (Å²) in [5.41, 5.74) is 0.413. The fraction of sp³-hybridized carbons (Fsp3) is 0.294. The van der Waals surface area contributed by atoms with Gasteiger partial charge in [0.1, 0.15) is 5.69 Å². The lowest BCUT2D eigenvalue weighted by Crippen LogP contribution is -2.37. The molecule has 0 bridgehead atoms. The summed E-state index contributed by atoms with van der Waals surface area (Å²) in [5, 5.41) is 6.61. The van der Waals surface area contributed by atoms with Crippen molar-refractivity contribution in [3.8, 4) is 0 Å². The molecule has 1 aliphatic heterocycles. The minimum Gasteiger partial charge on any atom is -0.337 e. The molecule has 1 aromatic carbocycles. The lowest BCUT2D eigenvalue weighted by atomic mass is 10.2. The van der Waals surface area contributed by atoms with Crippen LogP contribution in [0.4, 0.5) is 0 Å². The van der Waals surface area contributed by atoms with E-state index >= 15 is 0 Å². The molecule has 2 aromatic rings. The Labute approximate surface area is 149 Å². The highest BCUT2D eigenvalue weighted by Gasteiger charge is 2.24. The minimum atomic E-state index is -0.354. The van der Waals surface area contributed by atoms with Crippen LogP contribution in [0.5, 0.6) is 0 Å². The maximum atomic E-state index is 12.6. The molecule has 7 nitrogen and oxygen atoms in total. The Morgan fingerprint density at radius 2 is 1.56 bits per heavy atom. The van der Waals surface area contributed by atoms with Gasteiger partial charge in [-0.3, -0.25) is 14.4 Å². The minimum absolute atomic E-state index is 0.0758. The average molecular weight is 361 g/mol. The first-order chi connectivity index (χ1) is 12.0. The van der Waals surface area contributed by atoms with Crippen LogP contribution in [0.15, 0.2) is 41.2 Å². The number of benzene rings is 1. The van der Waals surface area contributed by atoms with Crippen LogP contribution in [0.25, 0.3) is 0 Å². The number of rotatable bonds is 2. The van der Waals surface area contributed by atoms with E-state index in [9.17, 15) is 14.4 Å². The second-order valence-corrected chi connectivity index (χ2v) is 6.19. The number of hydrogen-bond donors (Lipinski definition) is 1. The van der Waals surface area contributed by atoms with Crippen LogP contribution >= 0.6 is 11.6 Å². The number of halogens is 1. The van der Waals surface area contributed by atoms with Gasteiger partial charge in [0.15, 0.2) is 0 Å². The maximum absolute atomic E-state index is 12.6. The van der Waals surface area contributed by atoms with Gasteiger partial charge < -0.3 is 9.80 Å². The van der Waals surface area contributed by atoms with E-state index in [2.05, 4.69) is 10.2 Å². The predicted molar refractivity (Wildman–Crippen MR) is 92.7 cm³/mol. The van der Waals surface area contributed by atoms with E-state index in [1.165, 1.54) is 12.1 Å². The second kappa shape index (κ2) is 7.48. The Morgan fingerprint density at radius 1 is 0.920 bits per heavy atom. The summed E-state index contributed by atoms with van der Waals surface area (Å²) in [6.45, 7) is 1.96. The number of aromatic nitrogens is 2. The van der Waals surface area contributed by atoms with Crippen LogP contribution < -0.4 is 5.56 Å². The van der Waals surface area contributed by atoms with Gasteiger partial charge in [-0.1, -0.05) is 11.6 Å². The largest absolute Gasteiger partial charge is 0.337 e. The van der Waals surface area contributed by atoms with E-state index in [0.29, 0.717) is 43.2 Å². The topological polar surface area (TPSA) is 86.4 Å². The number of H-pyrrole nitrogens is 1. The van der Waals surface area contributed by atoms with Crippen molar-refractivity contribution in [1.82, 2.24) is 20.0 Å². The lowest BCUT2D eigenvalue weighted by molar-refractivity contribution is 0.0715. The number of nitrogens with zero attached hydrogens (tertiary/aromatic N) is 3. The number of carbonyl (C=O) groups is 2. The molecule has 0 atom stereocenters. The predicted octanol–water partition coefficient (Wildman–Crippen LogP) is 1.41. The van der Waals surface area contributed by atoms with Gasteiger partial charge in [-0.25, -0.2) is 5.10 Å². The van der Waals surface area contributed by atoms with E-state index in [0.717, 1.165) is 0 Å². The van der Waals surface area contributed by atoms with Crippen LogP contribution in [0.1, 0.15) is 27.3 Å². The molecule has 2 amide bonds. The molecule has 0 saturated carbocycles. The molecular formula is C17H17ClN4O3. The van der Waals surface area contributed by atoms with Crippen LogP contribution in [0.2, 0.25) is 5.02 Å². The first-order valence-electron chi connectivity index (χ1n) is 7.94. The van der Waals surface area contributed by atoms with Crippen molar-refractivity contribution in [3.05, 3.63) is 63.0 Å². The zero-order chi connectivity index (χ0) is 17.8. The lowest BCUT2D eigenvalue weighted by Gasteiger charge is -2.22. The Kier molecular flexibility index (Phi) is 5.14. The van der Waals surface area contributed by atoms with Crippen LogP contribution in [0.3, 0.4) is 0 Å². The van der Waals surface area contributed by atoms with Crippen molar-refractivity contribution in [2.45, 2.75) is 6.42 Å². The van der Waals surface area contributed by atoms with Crippen molar-refractivity contribution in [2.75, 3.05) is 26.2 Å². The number of hydrogen-bond acceptors (Lipinski definition) is 4. The first kappa shape index (κ1) is 17.2. The molecule has 25 heavy (non-hydrogen) atoms. The number of carbonyl (C=O) groups excluding carboxylic acids is 2. The van der Waals surface area contributed by atoms with Crippen molar-refractivity contribution in [1.29, 1.82) is 0 Å². The number of amides is 2. The van der Waals surface area contributed by atoms with E-state index < -0.39 is 0 Å². The summed E-state index contributed by atoms with van der Waals surface area (Å²) >= 11 is 5.85. The third-order valence-electron chi connectivity index (χ3n) is 4.06. The van der Waals surface area contributed by atoms with Gasteiger partial charge in [0.2, 0.25) is 0 Å². The van der Waals surface area contributed by atoms with E-state index in [4.69, 9.17) is 11.6 Å². The summed E-state index contributed by atoms with van der Waals surface area (Å²) in [4.78, 5) is 39.5. The Morgan fingerprint density at radius 3 is 2.16 bits per heavy atom. The Balaban J connectivity index is 1.66. The van der Waals surface area contributed by atoms with Gasteiger partial charge in [0, 0.05) is 42.8 Å². The smallest absolute Gasteiger partial charge is 0.274 e. The van der Waals surface area contributed by atoms with Gasteiger partial charge in [-0.05, 0) is 36.8 Å². The van der Waals surface area contributed by atoms with Crippen molar-refractivity contribution < 1.29 is 9.59 Å². The molecule has 1 aromatic heterocycles. The first-order valence-corrected chi connectivity index (χ1v) is 8.32. The fourth-order valence-electron chi connectivity index (χ4n) is 2.72. The summed E-state index contributed by atoms with van der Waals surface area (Å²) in [5.74, 6) is -0.329. The SMILES string of the molecule is O=C(c1ccc(Cl)cc1)N1CCCN(C(=O)c2ccc(=O)[nH]n2)CC1. The van der Waals surface area contributed by atoms with Gasteiger partial charge in [0.05, 0.1) is 0 Å². The summed E-state index contributed by atoms with van der Waals surface area (Å²) in [6.07, 6.45) is 0.675. The molecule has 3 rings (SSSR count). The molecule has 1 N–H and O–H groups in total. The molecule has 1 saturated heterocycles. The van der Waals surface area contributed by atoms with Crippen LogP contribution in [0, 0.1) is 0 Å². The molecule has 0 spiro atoms. The average Bonchev–Trinajstić information content (AvgIpc) is 2.88. The molecule has 0 unspecified atom stereocenters. The summed E-state index contributed by atoms with van der Waals surface area (Å²) in [6, 6.07) is 9.44.